The molecule has 9 heteroatoms. The molecule has 2 heterocycles. The van der Waals surface area contributed by atoms with E-state index < -0.39 is 17.4 Å². The molecular weight excluding hydrogens is 424 g/mol. The van der Waals surface area contributed by atoms with Crippen LogP contribution in [0.4, 0.5) is 5.69 Å². The number of carbonyl (C=O) groups excluding carboxylic acids is 3. The predicted molar refractivity (Wildman–Crippen MR) is 123 cm³/mol. The Hall–Kier alpha value is -3.36. The lowest BCUT2D eigenvalue weighted by atomic mass is 9.93. The number of benzene rings is 1. The third kappa shape index (κ3) is 5.02. The number of nitrogens with zero attached hydrogens (tertiary/aromatic N) is 3. The maximum absolute atomic E-state index is 13.6. The van der Waals surface area contributed by atoms with Crippen LogP contribution in [-0.4, -0.2) is 52.9 Å². The molecule has 0 saturated carbocycles. The first-order valence-electron chi connectivity index (χ1n) is 11.3. The lowest BCUT2D eigenvalue weighted by molar-refractivity contribution is -0.126. The molecule has 0 bridgehead atoms. The first kappa shape index (κ1) is 24.3. The number of rotatable bonds is 9. The molecular formula is C24H32N4O5. The third-order valence-corrected chi connectivity index (χ3v) is 5.54. The molecule has 0 fully saturated rings. The highest BCUT2D eigenvalue weighted by molar-refractivity contribution is 6.12. The minimum absolute atomic E-state index is 0.0382. The van der Waals surface area contributed by atoms with Crippen molar-refractivity contribution < 1.29 is 23.9 Å². The number of esters is 1. The Balaban J connectivity index is 2.01. The Morgan fingerprint density at radius 2 is 1.88 bits per heavy atom. The summed E-state index contributed by atoms with van der Waals surface area (Å²) >= 11 is 0. The zero-order valence-electron chi connectivity index (χ0n) is 19.9. The summed E-state index contributed by atoms with van der Waals surface area (Å²) < 4.78 is 12.0. The van der Waals surface area contributed by atoms with Gasteiger partial charge in [-0.1, -0.05) is 13.8 Å². The second-order valence-electron chi connectivity index (χ2n) is 8.57. The highest BCUT2D eigenvalue weighted by atomic mass is 16.5. The molecule has 1 aliphatic rings. The van der Waals surface area contributed by atoms with E-state index in [1.807, 2.05) is 6.92 Å². The first-order chi connectivity index (χ1) is 15.7. The molecule has 2 amide bonds. The molecule has 1 aliphatic heterocycles. The molecule has 1 atom stereocenters. The average Bonchev–Trinajstić information content (AvgIpc) is 3.19. The average molecular weight is 457 g/mol. The molecule has 0 radical (unpaired) electrons. The number of amides is 2. The van der Waals surface area contributed by atoms with Crippen LogP contribution in [0.2, 0.25) is 0 Å². The number of nitrogens with one attached hydrogen (secondary N) is 1. The Labute approximate surface area is 194 Å². The lowest BCUT2D eigenvalue weighted by Crippen LogP contribution is -2.64. The molecule has 2 aromatic rings. The summed E-state index contributed by atoms with van der Waals surface area (Å²) in [6, 6.07) is 8.44. The molecule has 1 N–H and O–H groups in total. The van der Waals surface area contributed by atoms with Gasteiger partial charge in [0.25, 0.3) is 5.91 Å². The fraction of sp³-hybridized carbons (Fsp3) is 0.500. The van der Waals surface area contributed by atoms with Crippen molar-refractivity contribution >= 4 is 23.5 Å². The van der Waals surface area contributed by atoms with Crippen molar-refractivity contribution in [1.29, 1.82) is 0 Å². The van der Waals surface area contributed by atoms with E-state index in [-0.39, 0.29) is 30.4 Å². The molecule has 33 heavy (non-hydrogen) atoms. The summed E-state index contributed by atoms with van der Waals surface area (Å²) in [6.45, 7) is 10.8. The van der Waals surface area contributed by atoms with Crippen LogP contribution in [0.5, 0.6) is 5.75 Å². The van der Waals surface area contributed by atoms with E-state index in [9.17, 15) is 14.4 Å². The maximum atomic E-state index is 13.6. The number of hydrogen-bond acceptors (Lipinski definition) is 6. The standard InChI is InChI=1S/C24H32N4O5/c1-6-32-18-10-8-17(9-11-18)28-21(29)20-14-19(22(30)33-7-2)26-27(20)15-24(28,5)23(31)25-13-12-16(3)4/h8-11,14,16H,6-7,12-13,15H2,1-5H3,(H,25,31)/t24-/m0/s1. The van der Waals surface area contributed by atoms with E-state index in [0.29, 0.717) is 30.5 Å². The minimum Gasteiger partial charge on any atom is -0.494 e. The van der Waals surface area contributed by atoms with Gasteiger partial charge >= 0.3 is 5.97 Å². The summed E-state index contributed by atoms with van der Waals surface area (Å²) in [5.41, 5.74) is -0.447. The smallest absolute Gasteiger partial charge is 0.358 e. The minimum atomic E-state index is -1.26. The summed E-state index contributed by atoms with van der Waals surface area (Å²) in [6.07, 6.45) is 0.818. The van der Waals surface area contributed by atoms with Gasteiger partial charge in [0.1, 0.15) is 17.0 Å². The van der Waals surface area contributed by atoms with Crippen LogP contribution in [0.3, 0.4) is 0 Å². The SMILES string of the molecule is CCOC(=O)c1cc2n(n1)C[C@@](C)(C(=O)NCCC(C)C)N(c1ccc(OCC)cc1)C2=O. The predicted octanol–water partition coefficient (Wildman–Crippen LogP) is 3.04. The molecule has 1 aromatic carbocycles. The van der Waals surface area contributed by atoms with Crippen LogP contribution in [0, 0.1) is 5.92 Å². The quantitative estimate of drug-likeness (QED) is 0.582. The van der Waals surface area contributed by atoms with Crippen LogP contribution in [0.1, 0.15) is 62.0 Å². The Kier molecular flexibility index (Phi) is 7.40. The Bertz CT molecular complexity index is 1010. The second-order valence-corrected chi connectivity index (χ2v) is 8.57. The highest BCUT2D eigenvalue weighted by Gasteiger charge is 2.49. The van der Waals surface area contributed by atoms with Crippen molar-refractivity contribution in [2.45, 2.75) is 53.1 Å². The van der Waals surface area contributed by atoms with Gasteiger partial charge in [-0.25, -0.2) is 4.79 Å². The molecule has 0 saturated heterocycles. The van der Waals surface area contributed by atoms with Gasteiger partial charge in [0.05, 0.1) is 19.8 Å². The number of fused-ring (bicyclic) bond motifs is 1. The van der Waals surface area contributed by atoms with Crippen LogP contribution in [-0.2, 0) is 16.1 Å². The van der Waals surface area contributed by atoms with Crippen molar-refractivity contribution in [3.63, 3.8) is 0 Å². The third-order valence-electron chi connectivity index (χ3n) is 5.54. The van der Waals surface area contributed by atoms with Gasteiger partial charge in [-0.05, 0) is 57.4 Å². The van der Waals surface area contributed by atoms with Gasteiger partial charge in [0.2, 0.25) is 5.91 Å². The number of aromatic nitrogens is 2. The van der Waals surface area contributed by atoms with Gasteiger partial charge in [-0.3, -0.25) is 19.2 Å². The van der Waals surface area contributed by atoms with E-state index in [4.69, 9.17) is 9.47 Å². The van der Waals surface area contributed by atoms with Crippen molar-refractivity contribution in [3.8, 4) is 5.75 Å². The Morgan fingerprint density at radius 1 is 1.18 bits per heavy atom. The summed E-state index contributed by atoms with van der Waals surface area (Å²) in [5, 5.41) is 7.23. The molecule has 0 aliphatic carbocycles. The van der Waals surface area contributed by atoms with Crippen LogP contribution >= 0.6 is 0 Å². The first-order valence-corrected chi connectivity index (χ1v) is 11.3. The number of anilines is 1. The fourth-order valence-electron chi connectivity index (χ4n) is 3.81. The van der Waals surface area contributed by atoms with Crippen LogP contribution in [0.25, 0.3) is 0 Å². The summed E-state index contributed by atoms with van der Waals surface area (Å²) in [4.78, 5) is 40.7. The molecule has 9 nitrogen and oxygen atoms in total. The fourth-order valence-corrected chi connectivity index (χ4v) is 3.81. The van der Waals surface area contributed by atoms with Gasteiger partial charge in [-0.15, -0.1) is 0 Å². The molecule has 0 spiro atoms. The van der Waals surface area contributed by atoms with E-state index >= 15 is 0 Å². The van der Waals surface area contributed by atoms with Crippen LogP contribution in [0.15, 0.2) is 30.3 Å². The summed E-state index contributed by atoms with van der Waals surface area (Å²) in [7, 11) is 0. The van der Waals surface area contributed by atoms with E-state index in [0.717, 1.165) is 6.42 Å². The summed E-state index contributed by atoms with van der Waals surface area (Å²) in [5.74, 6) is -0.219. The monoisotopic (exact) mass is 456 g/mol. The van der Waals surface area contributed by atoms with E-state index in [2.05, 4.69) is 24.3 Å². The van der Waals surface area contributed by atoms with Crippen LogP contribution < -0.4 is 15.0 Å². The Morgan fingerprint density at radius 3 is 2.48 bits per heavy atom. The number of hydrogen-bond donors (Lipinski definition) is 1. The van der Waals surface area contributed by atoms with Gasteiger partial charge < -0.3 is 14.8 Å². The number of carbonyl (C=O) groups is 3. The molecule has 0 unspecified atom stereocenters. The topological polar surface area (TPSA) is 103 Å². The molecule has 1 aromatic heterocycles. The largest absolute Gasteiger partial charge is 0.494 e. The van der Waals surface area contributed by atoms with Crippen molar-refractivity contribution in [1.82, 2.24) is 15.1 Å². The maximum Gasteiger partial charge on any atom is 0.358 e. The van der Waals surface area contributed by atoms with Gasteiger partial charge in [-0.2, -0.15) is 5.10 Å². The van der Waals surface area contributed by atoms with Gasteiger partial charge in [0, 0.05) is 18.3 Å². The van der Waals surface area contributed by atoms with E-state index in [1.54, 1.807) is 38.1 Å². The second kappa shape index (κ2) is 10.1. The molecule has 178 valence electrons. The normalized spacial score (nSPS) is 17.6. The van der Waals surface area contributed by atoms with Gasteiger partial charge in [0.15, 0.2) is 5.69 Å². The van der Waals surface area contributed by atoms with Crippen molar-refractivity contribution in [3.05, 3.63) is 41.7 Å². The zero-order chi connectivity index (χ0) is 24.2. The van der Waals surface area contributed by atoms with Crippen molar-refractivity contribution in [2.75, 3.05) is 24.7 Å². The lowest BCUT2D eigenvalue weighted by Gasteiger charge is -2.43. The zero-order valence-corrected chi connectivity index (χ0v) is 19.9. The van der Waals surface area contributed by atoms with E-state index in [1.165, 1.54) is 15.6 Å². The number of ether oxygens (including phenoxy) is 2. The van der Waals surface area contributed by atoms with Crippen molar-refractivity contribution in [2.24, 2.45) is 5.92 Å². The highest BCUT2D eigenvalue weighted by Crippen LogP contribution is 2.34. The molecule has 3 rings (SSSR count).